The topological polar surface area (TPSA) is 23.6 Å². The second-order valence-electron chi connectivity index (χ2n) is 6.02. The van der Waals surface area contributed by atoms with E-state index in [0.29, 0.717) is 6.42 Å². The smallest absolute Gasteiger partial charge is 0.120 e. The zero-order valence-electron chi connectivity index (χ0n) is 13.5. The van der Waals surface area contributed by atoms with E-state index < -0.39 is 0 Å². The lowest BCUT2D eigenvalue weighted by Crippen LogP contribution is -2.44. The van der Waals surface area contributed by atoms with E-state index in [1.807, 2.05) is 24.1 Å². The SMILES string of the molecule is CN1CCN(c2ccc(-c3ccccc3)c(CC=C=O)c2)CC1. The number of hydrogen-bond acceptors (Lipinski definition) is 3. The van der Waals surface area contributed by atoms with Gasteiger partial charge in [-0.3, -0.25) is 0 Å². The Morgan fingerprint density at radius 3 is 2.48 bits per heavy atom. The lowest BCUT2D eigenvalue weighted by molar-refractivity contribution is 0.313. The fraction of sp³-hybridized carbons (Fsp3) is 0.300. The van der Waals surface area contributed by atoms with Crippen LogP contribution in [0.4, 0.5) is 5.69 Å². The molecule has 1 fully saturated rings. The summed E-state index contributed by atoms with van der Waals surface area (Å²) in [7, 11) is 2.16. The molecule has 1 aliphatic heterocycles. The Kier molecular flexibility index (Phi) is 4.92. The van der Waals surface area contributed by atoms with Crippen LogP contribution in [0, 0.1) is 0 Å². The van der Waals surface area contributed by atoms with Gasteiger partial charge in [0.2, 0.25) is 0 Å². The van der Waals surface area contributed by atoms with Gasteiger partial charge < -0.3 is 9.80 Å². The van der Waals surface area contributed by atoms with Gasteiger partial charge in [-0.15, -0.1) is 0 Å². The molecule has 23 heavy (non-hydrogen) atoms. The second-order valence-corrected chi connectivity index (χ2v) is 6.02. The van der Waals surface area contributed by atoms with Gasteiger partial charge in [-0.25, -0.2) is 4.79 Å². The summed E-state index contributed by atoms with van der Waals surface area (Å²) >= 11 is 0. The number of rotatable bonds is 4. The normalized spacial score (nSPS) is 15.3. The van der Waals surface area contributed by atoms with Crippen molar-refractivity contribution in [2.75, 3.05) is 38.1 Å². The first-order valence-corrected chi connectivity index (χ1v) is 8.09. The maximum Gasteiger partial charge on any atom is 0.120 e. The number of carbonyl (C=O) groups excluding carboxylic acids is 1. The second kappa shape index (κ2) is 7.28. The highest BCUT2D eigenvalue weighted by molar-refractivity contribution is 5.71. The summed E-state index contributed by atoms with van der Waals surface area (Å²) in [6, 6.07) is 16.9. The third kappa shape index (κ3) is 3.70. The van der Waals surface area contributed by atoms with Crippen molar-refractivity contribution in [1.29, 1.82) is 0 Å². The van der Waals surface area contributed by atoms with Gasteiger partial charge >= 0.3 is 0 Å². The zero-order valence-corrected chi connectivity index (χ0v) is 13.5. The largest absolute Gasteiger partial charge is 0.369 e. The lowest BCUT2D eigenvalue weighted by Gasteiger charge is -2.34. The standard InChI is InChI=1S/C20H22N2O/c1-21-11-13-22(14-12-21)19-9-10-20(17-6-3-2-4-7-17)18(16-19)8-5-15-23/h2-7,9-10,16H,8,11-14H2,1H3. The minimum Gasteiger partial charge on any atom is -0.369 e. The van der Waals surface area contributed by atoms with E-state index in [2.05, 4.69) is 47.2 Å². The fourth-order valence-electron chi connectivity index (χ4n) is 3.06. The van der Waals surface area contributed by atoms with E-state index in [0.717, 1.165) is 26.2 Å². The molecule has 3 heteroatoms. The van der Waals surface area contributed by atoms with Crippen molar-refractivity contribution in [3.8, 4) is 11.1 Å². The maximum absolute atomic E-state index is 10.7. The Labute approximate surface area is 137 Å². The molecule has 118 valence electrons. The van der Waals surface area contributed by atoms with Crippen molar-refractivity contribution in [2.45, 2.75) is 6.42 Å². The van der Waals surface area contributed by atoms with Crippen molar-refractivity contribution in [3.05, 3.63) is 60.2 Å². The molecular formula is C20H22N2O. The Bertz CT molecular complexity index is 697. The number of anilines is 1. The summed E-state index contributed by atoms with van der Waals surface area (Å²) in [5.41, 5.74) is 4.80. The van der Waals surface area contributed by atoms with Gasteiger partial charge in [-0.1, -0.05) is 36.4 Å². The van der Waals surface area contributed by atoms with E-state index in [-0.39, 0.29) is 0 Å². The van der Waals surface area contributed by atoms with Crippen LogP contribution in [0.5, 0.6) is 0 Å². The first kappa shape index (κ1) is 15.5. The van der Waals surface area contributed by atoms with Crippen LogP contribution >= 0.6 is 0 Å². The molecule has 0 amide bonds. The van der Waals surface area contributed by atoms with Gasteiger partial charge in [-0.05, 0) is 35.9 Å². The van der Waals surface area contributed by atoms with E-state index in [9.17, 15) is 4.79 Å². The van der Waals surface area contributed by atoms with Crippen LogP contribution in [0.2, 0.25) is 0 Å². The molecule has 3 rings (SSSR count). The van der Waals surface area contributed by atoms with E-state index in [4.69, 9.17) is 0 Å². The molecule has 0 atom stereocenters. The average Bonchev–Trinajstić information content (AvgIpc) is 2.61. The fourth-order valence-corrected chi connectivity index (χ4v) is 3.06. The van der Waals surface area contributed by atoms with Crippen molar-refractivity contribution < 1.29 is 4.79 Å². The predicted octanol–water partition coefficient (Wildman–Crippen LogP) is 3.04. The molecule has 0 radical (unpaired) electrons. The van der Waals surface area contributed by atoms with Crippen molar-refractivity contribution in [2.24, 2.45) is 0 Å². The molecule has 1 aliphatic rings. The number of piperazine rings is 1. The zero-order chi connectivity index (χ0) is 16.1. The van der Waals surface area contributed by atoms with E-state index in [1.165, 1.54) is 22.4 Å². The van der Waals surface area contributed by atoms with E-state index in [1.54, 1.807) is 6.08 Å². The molecule has 0 bridgehead atoms. The number of nitrogens with zero attached hydrogens (tertiary/aromatic N) is 2. The molecule has 0 N–H and O–H groups in total. The number of benzene rings is 2. The first-order valence-electron chi connectivity index (χ1n) is 8.09. The quantitative estimate of drug-likeness (QED) is 0.811. The molecule has 1 heterocycles. The molecule has 0 aliphatic carbocycles. The van der Waals surface area contributed by atoms with Gasteiger partial charge in [0.15, 0.2) is 0 Å². The highest BCUT2D eigenvalue weighted by Gasteiger charge is 2.15. The van der Waals surface area contributed by atoms with Gasteiger partial charge in [-0.2, -0.15) is 0 Å². The molecule has 0 unspecified atom stereocenters. The van der Waals surface area contributed by atoms with Crippen LogP contribution in [0.15, 0.2) is 54.6 Å². The van der Waals surface area contributed by atoms with Crippen molar-refractivity contribution in [3.63, 3.8) is 0 Å². The highest BCUT2D eigenvalue weighted by atomic mass is 16.1. The molecule has 2 aromatic carbocycles. The monoisotopic (exact) mass is 306 g/mol. The van der Waals surface area contributed by atoms with Crippen LogP contribution in [0.25, 0.3) is 11.1 Å². The molecule has 0 aromatic heterocycles. The van der Waals surface area contributed by atoms with E-state index >= 15 is 0 Å². The molecular weight excluding hydrogens is 284 g/mol. The lowest BCUT2D eigenvalue weighted by atomic mass is 9.96. The Morgan fingerprint density at radius 1 is 1.04 bits per heavy atom. The molecule has 0 saturated carbocycles. The summed E-state index contributed by atoms with van der Waals surface area (Å²) in [6.45, 7) is 4.27. The molecule has 3 nitrogen and oxygen atoms in total. The summed E-state index contributed by atoms with van der Waals surface area (Å²) in [5.74, 6) is 1.90. The summed E-state index contributed by atoms with van der Waals surface area (Å²) < 4.78 is 0. The Balaban J connectivity index is 1.93. The summed E-state index contributed by atoms with van der Waals surface area (Å²) in [5, 5.41) is 0. The third-order valence-corrected chi connectivity index (χ3v) is 4.45. The Hall–Kier alpha value is -2.35. The number of likely N-dealkylation sites (N-methyl/N-ethyl adjacent to an activating group) is 1. The molecule has 1 saturated heterocycles. The Morgan fingerprint density at radius 2 is 1.78 bits per heavy atom. The summed E-state index contributed by atoms with van der Waals surface area (Å²) in [4.78, 5) is 15.4. The summed E-state index contributed by atoms with van der Waals surface area (Å²) in [6.07, 6.45) is 2.19. The number of allylic oxidation sites excluding steroid dienone is 1. The minimum absolute atomic E-state index is 0.620. The molecule has 0 spiro atoms. The minimum atomic E-state index is 0.620. The predicted molar refractivity (Wildman–Crippen MR) is 95.6 cm³/mol. The van der Waals surface area contributed by atoms with Gasteiger partial charge in [0.1, 0.15) is 5.94 Å². The van der Waals surface area contributed by atoms with Crippen LogP contribution in [0.3, 0.4) is 0 Å². The van der Waals surface area contributed by atoms with Crippen LogP contribution in [0.1, 0.15) is 5.56 Å². The van der Waals surface area contributed by atoms with Crippen LogP contribution in [-0.4, -0.2) is 44.1 Å². The maximum atomic E-state index is 10.7. The average molecular weight is 306 g/mol. The van der Waals surface area contributed by atoms with Crippen LogP contribution < -0.4 is 4.90 Å². The van der Waals surface area contributed by atoms with Gasteiger partial charge in [0.25, 0.3) is 0 Å². The first-order chi connectivity index (χ1) is 11.3. The highest BCUT2D eigenvalue weighted by Crippen LogP contribution is 2.29. The number of hydrogen-bond donors (Lipinski definition) is 0. The molecule has 2 aromatic rings. The third-order valence-electron chi connectivity index (χ3n) is 4.45. The van der Waals surface area contributed by atoms with Gasteiger partial charge in [0, 0.05) is 44.4 Å². The van der Waals surface area contributed by atoms with Crippen LogP contribution in [-0.2, 0) is 11.2 Å². The van der Waals surface area contributed by atoms with Crippen molar-refractivity contribution in [1.82, 2.24) is 4.90 Å². The van der Waals surface area contributed by atoms with Crippen molar-refractivity contribution >= 4 is 11.6 Å². The van der Waals surface area contributed by atoms with Gasteiger partial charge in [0.05, 0.1) is 0 Å².